The van der Waals surface area contributed by atoms with Gasteiger partial charge in [0.25, 0.3) is 0 Å². The van der Waals surface area contributed by atoms with Crippen molar-refractivity contribution in [2.45, 2.75) is 6.92 Å². The van der Waals surface area contributed by atoms with Crippen molar-refractivity contribution in [3.05, 3.63) is 58.4 Å². The summed E-state index contributed by atoms with van der Waals surface area (Å²) >= 11 is 6.18. The second kappa shape index (κ2) is 7.66. The molecular weight excluding hydrogens is 317 g/mol. The molecule has 0 bridgehead atoms. The lowest BCUT2D eigenvalue weighted by molar-refractivity contribution is 0.311. The molecule has 0 heterocycles. The number of nitrogens with zero attached hydrogens (tertiary/aromatic N) is 1. The van der Waals surface area contributed by atoms with Gasteiger partial charge >= 0.3 is 0 Å². The zero-order valence-electron chi connectivity index (χ0n) is 12.8. The quantitative estimate of drug-likeness (QED) is 0.575. The van der Waals surface area contributed by atoms with Crippen LogP contribution in [0.25, 0.3) is 11.6 Å². The van der Waals surface area contributed by atoms with Crippen molar-refractivity contribution in [2.75, 3.05) is 13.7 Å². The highest BCUT2D eigenvalue weighted by molar-refractivity contribution is 6.32. The van der Waals surface area contributed by atoms with Crippen LogP contribution in [-0.2, 0) is 0 Å². The zero-order valence-corrected chi connectivity index (χ0v) is 13.5. The summed E-state index contributed by atoms with van der Waals surface area (Å²) < 4.78 is 24.6. The summed E-state index contributed by atoms with van der Waals surface area (Å²) in [7, 11) is 1.50. The molecule has 118 valence electrons. The van der Waals surface area contributed by atoms with E-state index in [2.05, 4.69) is 0 Å². The fraction of sp³-hybridized carbons (Fsp3) is 0.167. The van der Waals surface area contributed by atoms with Gasteiger partial charge in [0.05, 0.1) is 30.4 Å². The SMILES string of the molecule is CCOc1cc(C=C(C#N)c2ccccc2F)cc(Cl)c1OC. The molecule has 0 saturated heterocycles. The minimum absolute atomic E-state index is 0.201. The molecule has 3 nitrogen and oxygen atoms in total. The smallest absolute Gasteiger partial charge is 0.179 e. The normalized spacial score (nSPS) is 11.0. The number of rotatable bonds is 5. The van der Waals surface area contributed by atoms with E-state index in [0.29, 0.717) is 28.7 Å². The van der Waals surface area contributed by atoms with Gasteiger partial charge in [-0.2, -0.15) is 5.26 Å². The summed E-state index contributed by atoms with van der Waals surface area (Å²) in [5, 5.41) is 9.69. The third-order valence-corrected chi connectivity index (χ3v) is 3.41. The van der Waals surface area contributed by atoms with Crippen LogP contribution in [0.2, 0.25) is 5.02 Å². The van der Waals surface area contributed by atoms with Crippen LogP contribution >= 0.6 is 11.6 Å². The first kappa shape index (κ1) is 16.9. The van der Waals surface area contributed by atoms with E-state index in [1.165, 1.54) is 13.2 Å². The minimum atomic E-state index is -0.454. The van der Waals surface area contributed by atoms with E-state index in [0.717, 1.165) is 0 Å². The molecule has 0 atom stereocenters. The first-order valence-corrected chi connectivity index (χ1v) is 7.35. The van der Waals surface area contributed by atoms with Crippen molar-refractivity contribution in [1.82, 2.24) is 0 Å². The number of methoxy groups -OCH3 is 1. The van der Waals surface area contributed by atoms with E-state index in [-0.39, 0.29) is 11.1 Å². The number of nitriles is 1. The van der Waals surface area contributed by atoms with E-state index in [4.69, 9.17) is 21.1 Å². The highest BCUT2D eigenvalue weighted by Gasteiger charge is 2.12. The Labute approximate surface area is 139 Å². The van der Waals surface area contributed by atoms with Gasteiger partial charge in [0.15, 0.2) is 11.5 Å². The average molecular weight is 332 g/mol. The number of allylic oxidation sites excluding steroid dienone is 1. The maximum Gasteiger partial charge on any atom is 0.179 e. The van der Waals surface area contributed by atoms with Gasteiger partial charge in [-0.1, -0.05) is 29.8 Å². The fourth-order valence-corrected chi connectivity index (χ4v) is 2.45. The second-order valence-corrected chi connectivity index (χ2v) is 5.02. The van der Waals surface area contributed by atoms with E-state index >= 15 is 0 Å². The average Bonchev–Trinajstić information content (AvgIpc) is 2.53. The van der Waals surface area contributed by atoms with Crippen LogP contribution in [0.3, 0.4) is 0 Å². The van der Waals surface area contributed by atoms with Crippen LogP contribution in [0.15, 0.2) is 36.4 Å². The molecule has 23 heavy (non-hydrogen) atoms. The van der Waals surface area contributed by atoms with Crippen LogP contribution in [0.5, 0.6) is 11.5 Å². The Morgan fingerprint density at radius 1 is 1.35 bits per heavy atom. The minimum Gasteiger partial charge on any atom is -0.491 e. The molecule has 0 spiro atoms. The third kappa shape index (κ3) is 3.82. The monoisotopic (exact) mass is 331 g/mol. The van der Waals surface area contributed by atoms with Crippen molar-refractivity contribution < 1.29 is 13.9 Å². The Morgan fingerprint density at radius 3 is 2.70 bits per heavy atom. The van der Waals surface area contributed by atoms with Gasteiger partial charge in [0, 0.05) is 5.56 Å². The van der Waals surface area contributed by atoms with Crippen molar-refractivity contribution in [1.29, 1.82) is 5.26 Å². The highest BCUT2D eigenvalue weighted by Crippen LogP contribution is 2.37. The number of hydrogen-bond acceptors (Lipinski definition) is 3. The van der Waals surface area contributed by atoms with E-state index in [1.54, 1.807) is 36.4 Å². The maximum atomic E-state index is 13.9. The summed E-state index contributed by atoms with van der Waals surface area (Å²) in [6, 6.07) is 11.5. The number of hydrogen-bond donors (Lipinski definition) is 0. The molecule has 0 saturated carbocycles. The molecule has 0 fully saturated rings. The van der Waals surface area contributed by atoms with Gasteiger partial charge in [0.2, 0.25) is 0 Å². The first-order valence-electron chi connectivity index (χ1n) is 6.97. The first-order chi connectivity index (χ1) is 11.1. The van der Waals surface area contributed by atoms with E-state index in [9.17, 15) is 9.65 Å². The van der Waals surface area contributed by atoms with Crippen molar-refractivity contribution in [3.63, 3.8) is 0 Å². The fourth-order valence-electron chi connectivity index (χ4n) is 2.15. The van der Waals surface area contributed by atoms with Crippen LogP contribution in [-0.4, -0.2) is 13.7 Å². The standard InChI is InChI=1S/C18H15ClFNO2/c1-3-23-17-10-12(9-15(19)18(17)22-2)8-13(11-21)14-6-4-5-7-16(14)20/h4-10H,3H2,1-2H3. The van der Waals surface area contributed by atoms with Crippen molar-refractivity contribution in [2.24, 2.45) is 0 Å². The van der Waals surface area contributed by atoms with Crippen LogP contribution in [0.4, 0.5) is 4.39 Å². The van der Waals surface area contributed by atoms with Crippen molar-refractivity contribution in [3.8, 4) is 17.6 Å². The maximum absolute atomic E-state index is 13.9. The Bertz CT molecular complexity index is 781. The number of ether oxygens (including phenoxy) is 2. The Hall–Kier alpha value is -2.51. The molecule has 0 aliphatic heterocycles. The van der Waals surface area contributed by atoms with E-state index < -0.39 is 5.82 Å². The third-order valence-electron chi connectivity index (χ3n) is 3.13. The Morgan fingerprint density at radius 2 is 2.09 bits per heavy atom. The van der Waals surface area contributed by atoms with Gasteiger partial charge in [-0.05, 0) is 36.8 Å². The number of benzene rings is 2. The molecule has 0 aliphatic rings. The molecule has 0 N–H and O–H groups in total. The lowest BCUT2D eigenvalue weighted by Crippen LogP contribution is -1.96. The molecule has 0 amide bonds. The predicted octanol–water partition coefficient (Wildman–Crippen LogP) is 4.95. The molecule has 0 aliphatic carbocycles. The van der Waals surface area contributed by atoms with Gasteiger partial charge < -0.3 is 9.47 Å². The van der Waals surface area contributed by atoms with Crippen LogP contribution < -0.4 is 9.47 Å². The predicted molar refractivity (Wildman–Crippen MR) is 89.1 cm³/mol. The van der Waals surface area contributed by atoms with Crippen molar-refractivity contribution >= 4 is 23.3 Å². The van der Waals surface area contributed by atoms with Crippen LogP contribution in [0.1, 0.15) is 18.1 Å². The molecule has 0 radical (unpaired) electrons. The molecule has 0 unspecified atom stereocenters. The van der Waals surface area contributed by atoms with Gasteiger partial charge in [0.1, 0.15) is 5.82 Å². The molecular formula is C18H15ClFNO2. The summed E-state index contributed by atoms with van der Waals surface area (Å²) in [6.07, 6.45) is 1.56. The van der Waals surface area contributed by atoms with Gasteiger partial charge in [-0.25, -0.2) is 4.39 Å². The Balaban J connectivity index is 2.53. The topological polar surface area (TPSA) is 42.2 Å². The molecule has 2 aromatic carbocycles. The molecule has 2 aromatic rings. The molecule has 0 aromatic heterocycles. The van der Waals surface area contributed by atoms with Gasteiger partial charge in [-0.15, -0.1) is 0 Å². The highest BCUT2D eigenvalue weighted by atomic mass is 35.5. The van der Waals surface area contributed by atoms with Gasteiger partial charge in [-0.3, -0.25) is 0 Å². The Kier molecular flexibility index (Phi) is 5.61. The lowest BCUT2D eigenvalue weighted by atomic mass is 10.0. The summed E-state index contributed by atoms with van der Waals surface area (Å²) in [5.41, 5.74) is 1.06. The van der Waals surface area contributed by atoms with E-state index in [1.807, 2.05) is 13.0 Å². The summed E-state index contributed by atoms with van der Waals surface area (Å²) in [4.78, 5) is 0. The summed E-state index contributed by atoms with van der Waals surface area (Å²) in [5.74, 6) is 0.444. The lowest BCUT2D eigenvalue weighted by Gasteiger charge is -2.12. The molecule has 2 rings (SSSR count). The summed E-state index contributed by atoms with van der Waals surface area (Å²) in [6.45, 7) is 2.29. The zero-order chi connectivity index (χ0) is 16.8. The van der Waals surface area contributed by atoms with Crippen LogP contribution in [0, 0.1) is 17.1 Å². The number of halogens is 2. The largest absolute Gasteiger partial charge is 0.491 e. The second-order valence-electron chi connectivity index (χ2n) is 4.62. The molecule has 5 heteroatoms.